The summed E-state index contributed by atoms with van der Waals surface area (Å²) in [5.41, 5.74) is 2.52. The van der Waals surface area contributed by atoms with Crippen molar-refractivity contribution < 1.29 is 14.4 Å². The SMILES string of the molecule is O=C(/C=C/c1ccccc1)Nc1cccc2c1C(=O)c1ccccc1C2=O. The second-order valence-electron chi connectivity index (χ2n) is 6.17. The molecule has 3 aromatic rings. The predicted molar refractivity (Wildman–Crippen MR) is 104 cm³/mol. The van der Waals surface area contributed by atoms with Crippen LogP contribution in [0.4, 0.5) is 5.69 Å². The van der Waals surface area contributed by atoms with Gasteiger partial charge in [0, 0.05) is 22.8 Å². The van der Waals surface area contributed by atoms with Gasteiger partial charge in [-0.2, -0.15) is 0 Å². The third kappa shape index (κ3) is 3.09. The van der Waals surface area contributed by atoms with E-state index in [-0.39, 0.29) is 23.0 Å². The smallest absolute Gasteiger partial charge is 0.248 e. The van der Waals surface area contributed by atoms with Gasteiger partial charge in [0.25, 0.3) is 0 Å². The van der Waals surface area contributed by atoms with E-state index in [1.807, 2.05) is 30.3 Å². The Kier molecular flexibility index (Phi) is 4.22. The van der Waals surface area contributed by atoms with Crippen LogP contribution in [0, 0.1) is 0 Å². The van der Waals surface area contributed by atoms with E-state index in [1.165, 1.54) is 6.08 Å². The van der Waals surface area contributed by atoms with Crippen LogP contribution in [0.1, 0.15) is 37.4 Å². The van der Waals surface area contributed by atoms with Crippen molar-refractivity contribution in [3.63, 3.8) is 0 Å². The molecule has 1 aliphatic rings. The maximum Gasteiger partial charge on any atom is 0.248 e. The molecule has 1 N–H and O–H groups in total. The summed E-state index contributed by atoms with van der Waals surface area (Å²) in [4.78, 5) is 37.9. The fourth-order valence-corrected chi connectivity index (χ4v) is 3.16. The van der Waals surface area contributed by atoms with Crippen molar-refractivity contribution in [3.8, 4) is 0 Å². The first kappa shape index (κ1) is 16.7. The Bertz CT molecular complexity index is 1100. The summed E-state index contributed by atoms with van der Waals surface area (Å²) in [6, 6.07) is 21.1. The number of anilines is 1. The van der Waals surface area contributed by atoms with Crippen LogP contribution in [0.15, 0.2) is 78.9 Å². The summed E-state index contributed by atoms with van der Waals surface area (Å²) in [5, 5.41) is 2.72. The van der Waals surface area contributed by atoms with Crippen molar-refractivity contribution >= 4 is 29.2 Å². The van der Waals surface area contributed by atoms with E-state index in [4.69, 9.17) is 0 Å². The molecule has 1 amide bonds. The van der Waals surface area contributed by atoms with Crippen molar-refractivity contribution in [2.45, 2.75) is 0 Å². The average molecular weight is 353 g/mol. The number of carbonyl (C=O) groups is 3. The normalized spacial score (nSPS) is 12.6. The van der Waals surface area contributed by atoms with E-state index in [2.05, 4.69) is 5.32 Å². The number of fused-ring (bicyclic) bond motifs is 2. The lowest BCUT2D eigenvalue weighted by Crippen LogP contribution is -2.23. The minimum absolute atomic E-state index is 0.212. The van der Waals surface area contributed by atoms with Crippen molar-refractivity contribution in [1.29, 1.82) is 0 Å². The molecule has 0 bridgehead atoms. The highest BCUT2D eigenvalue weighted by molar-refractivity contribution is 6.30. The average Bonchev–Trinajstić information content (AvgIpc) is 2.71. The minimum atomic E-state index is -0.369. The van der Waals surface area contributed by atoms with Gasteiger partial charge >= 0.3 is 0 Å². The molecular formula is C23H15NO3. The fraction of sp³-hybridized carbons (Fsp3) is 0. The number of nitrogens with one attached hydrogen (secondary N) is 1. The maximum absolute atomic E-state index is 12.9. The molecular weight excluding hydrogens is 338 g/mol. The molecule has 3 aromatic carbocycles. The van der Waals surface area contributed by atoms with Gasteiger partial charge in [0.1, 0.15) is 0 Å². The Morgan fingerprint density at radius 2 is 1.33 bits per heavy atom. The van der Waals surface area contributed by atoms with Crippen LogP contribution in [-0.2, 0) is 4.79 Å². The van der Waals surface area contributed by atoms with Crippen LogP contribution < -0.4 is 5.32 Å². The number of benzene rings is 3. The first-order chi connectivity index (χ1) is 13.1. The topological polar surface area (TPSA) is 63.2 Å². The van der Waals surface area contributed by atoms with Gasteiger partial charge in [-0.1, -0.05) is 66.7 Å². The third-order valence-corrected chi connectivity index (χ3v) is 4.44. The molecule has 1 aliphatic carbocycles. The van der Waals surface area contributed by atoms with E-state index >= 15 is 0 Å². The fourth-order valence-electron chi connectivity index (χ4n) is 3.16. The van der Waals surface area contributed by atoms with Gasteiger partial charge in [0.05, 0.1) is 11.3 Å². The van der Waals surface area contributed by atoms with E-state index in [0.717, 1.165) is 5.56 Å². The Labute approximate surface area is 156 Å². The second kappa shape index (κ2) is 6.84. The van der Waals surface area contributed by atoms with Crippen molar-refractivity contribution in [2.75, 3.05) is 5.32 Å². The first-order valence-corrected chi connectivity index (χ1v) is 8.51. The first-order valence-electron chi connectivity index (χ1n) is 8.51. The van der Waals surface area contributed by atoms with E-state index in [1.54, 1.807) is 48.5 Å². The molecule has 0 atom stereocenters. The molecule has 0 fully saturated rings. The van der Waals surface area contributed by atoms with Gasteiger partial charge in [-0.3, -0.25) is 14.4 Å². The van der Waals surface area contributed by atoms with Gasteiger partial charge < -0.3 is 5.32 Å². The molecule has 4 nitrogen and oxygen atoms in total. The van der Waals surface area contributed by atoms with Crippen molar-refractivity contribution in [2.24, 2.45) is 0 Å². The quantitative estimate of drug-likeness (QED) is 0.564. The van der Waals surface area contributed by atoms with Crippen LogP contribution in [0.5, 0.6) is 0 Å². The number of carbonyl (C=O) groups excluding carboxylic acids is 3. The lowest BCUT2D eigenvalue weighted by molar-refractivity contribution is -0.111. The van der Waals surface area contributed by atoms with Crippen LogP contribution in [0.25, 0.3) is 6.08 Å². The van der Waals surface area contributed by atoms with Crippen molar-refractivity contribution in [1.82, 2.24) is 0 Å². The molecule has 0 heterocycles. The van der Waals surface area contributed by atoms with Gasteiger partial charge in [0.2, 0.25) is 5.91 Å². The molecule has 0 unspecified atom stereocenters. The standard InChI is InChI=1S/C23H15NO3/c25-20(14-13-15-7-2-1-3-8-15)24-19-12-6-11-18-21(19)23(27)17-10-5-4-9-16(17)22(18)26/h1-14H,(H,24,25)/b14-13+. The zero-order chi connectivity index (χ0) is 18.8. The Morgan fingerprint density at radius 1 is 0.704 bits per heavy atom. The number of amides is 1. The lowest BCUT2D eigenvalue weighted by atomic mass is 9.83. The molecule has 130 valence electrons. The summed E-state index contributed by atoms with van der Waals surface area (Å²) in [7, 11) is 0. The van der Waals surface area contributed by atoms with E-state index in [0.29, 0.717) is 22.4 Å². The minimum Gasteiger partial charge on any atom is -0.322 e. The van der Waals surface area contributed by atoms with Gasteiger partial charge in [-0.05, 0) is 17.7 Å². The summed E-state index contributed by atoms with van der Waals surface area (Å²) >= 11 is 0. The number of hydrogen-bond acceptors (Lipinski definition) is 3. The maximum atomic E-state index is 12.9. The lowest BCUT2D eigenvalue weighted by Gasteiger charge is -2.20. The molecule has 4 rings (SSSR count). The molecule has 27 heavy (non-hydrogen) atoms. The number of ketones is 2. The third-order valence-electron chi connectivity index (χ3n) is 4.44. The zero-order valence-corrected chi connectivity index (χ0v) is 14.3. The van der Waals surface area contributed by atoms with Crippen LogP contribution in [-0.4, -0.2) is 17.5 Å². The van der Waals surface area contributed by atoms with Gasteiger partial charge in [-0.25, -0.2) is 0 Å². The van der Waals surface area contributed by atoms with Gasteiger partial charge in [-0.15, -0.1) is 0 Å². The van der Waals surface area contributed by atoms with Crippen molar-refractivity contribution in [3.05, 3.63) is 107 Å². The molecule has 4 heteroatoms. The molecule has 0 aromatic heterocycles. The molecule has 0 radical (unpaired) electrons. The van der Waals surface area contributed by atoms with Crippen LogP contribution in [0.3, 0.4) is 0 Å². The Hall–Kier alpha value is -3.79. The molecule has 0 spiro atoms. The second-order valence-corrected chi connectivity index (χ2v) is 6.17. The molecule has 0 saturated carbocycles. The predicted octanol–water partition coefficient (Wildman–Crippen LogP) is 4.11. The Morgan fingerprint density at radius 3 is 2.07 bits per heavy atom. The summed E-state index contributed by atoms with van der Waals surface area (Å²) in [5.74, 6) is -0.842. The summed E-state index contributed by atoms with van der Waals surface area (Å²) < 4.78 is 0. The van der Waals surface area contributed by atoms with Crippen LogP contribution >= 0.6 is 0 Å². The highest BCUT2D eigenvalue weighted by Crippen LogP contribution is 2.31. The van der Waals surface area contributed by atoms with Gasteiger partial charge in [0.15, 0.2) is 11.6 Å². The van der Waals surface area contributed by atoms with Crippen LogP contribution in [0.2, 0.25) is 0 Å². The summed E-state index contributed by atoms with van der Waals surface area (Å²) in [6.07, 6.45) is 3.09. The monoisotopic (exact) mass is 353 g/mol. The molecule has 0 saturated heterocycles. The summed E-state index contributed by atoms with van der Waals surface area (Å²) in [6.45, 7) is 0. The number of hydrogen-bond donors (Lipinski definition) is 1. The zero-order valence-electron chi connectivity index (χ0n) is 14.3. The highest BCUT2D eigenvalue weighted by atomic mass is 16.2. The highest BCUT2D eigenvalue weighted by Gasteiger charge is 2.31. The van der Waals surface area contributed by atoms with E-state index < -0.39 is 0 Å². The largest absolute Gasteiger partial charge is 0.322 e. The number of rotatable bonds is 3. The Balaban J connectivity index is 1.66. The molecule has 0 aliphatic heterocycles. The van der Waals surface area contributed by atoms with E-state index in [9.17, 15) is 14.4 Å².